The summed E-state index contributed by atoms with van der Waals surface area (Å²) in [7, 11) is -1.88. The summed E-state index contributed by atoms with van der Waals surface area (Å²) in [6.45, 7) is 0.125. The van der Waals surface area contributed by atoms with Crippen molar-refractivity contribution in [2.45, 2.75) is 12.5 Å². The van der Waals surface area contributed by atoms with Gasteiger partial charge in [0, 0.05) is 6.54 Å². The van der Waals surface area contributed by atoms with Crippen LogP contribution in [0.15, 0.2) is 6.20 Å². The lowest BCUT2D eigenvalue weighted by Crippen LogP contribution is -2.50. The summed E-state index contributed by atoms with van der Waals surface area (Å²) in [4.78, 5) is 20.5. The molecule has 1 unspecified atom stereocenters. The zero-order valence-electron chi connectivity index (χ0n) is 11.2. The van der Waals surface area contributed by atoms with Crippen molar-refractivity contribution >= 4 is 33.2 Å². The summed E-state index contributed by atoms with van der Waals surface area (Å²) >= 11 is 6.04. The van der Waals surface area contributed by atoms with Gasteiger partial charge in [-0.05, 0) is 0 Å². The molecule has 1 aliphatic heterocycles. The first-order chi connectivity index (χ1) is 9.82. The van der Waals surface area contributed by atoms with Crippen LogP contribution in [0.5, 0.6) is 6.01 Å². The molecule has 10 heteroatoms. The van der Waals surface area contributed by atoms with Crippen LogP contribution in [0, 0.1) is 0 Å². The number of carboxylic acid groups (broad SMARTS) is 1. The highest BCUT2D eigenvalue weighted by atomic mass is 35.5. The highest BCUT2D eigenvalue weighted by molar-refractivity contribution is 7.91. The zero-order chi connectivity index (χ0) is 15.6. The number of anilines is 1. The van der Waals surface area contributed by atoms with E-state index < -0.39 is 21.8 Å². The Bertz CT molecular complexity index is 651. The van der Waals surface area contributed by atoms with Crippen LogP contribution in [0.25, 0.3) is 0 Å². The molecule has 8 nitrogen and oxygen atoms in total. The molecule has 2 heterocycles. The van der Waals surface area contributed by atoms with Crippen LogP contribution < -0.4 is 9.64 Å². The molecule has 116 valence electrons. The van der Waals surface area contributed by atoms with E-state index in [9.17, 15) is 13.2 Å². The number of hydrogen-bond donors (Lipinski definition) is 1. The fourth-order valence-electron chi connectivity index (χ4n) is 2.18. The van der Waals surface area contributed by atoms with Crippen LogP contribution in [0.1, 0.15) is 6.42 Å². The van der Waals surface area contributed by atoms with Crippen molar-refractivity contribution in [2.24, 2.45) is 0 Å². The van der Waals surface area contributed by atoms with Crippen molar-refractivity contribution < 1.29 is 23.1 Å². The Labute approximate surface area is 126 Å². The maximum Gasteiger partial charge on any atom is 0.318 e. The highest BCUT2D eigenvalue weighted by Gasteiger charge is 2.34. The van der Waals surface area contributed by atoms with Crippen molar-refractivity contribution in [3.05, 3.63) is 11.2 Å². The minimum atomic E-state index is -3.27. The number of rotatable bonds is 4. The monoisotopic (exact) mass is 335 g/mol. The van der Waals surface area contributed by atoms with Gasteiger partial charge in [-0.25, -0.2) is 13.4 Å². The number of aromatic nitrogens is 2. The first-order valence-electron chi connectivity index (χ1n) is 6.08. The molecule has 1 fully saturated rings. The third kappa shape index (κ3) is 3.73. The Balaban J connectivity index is 2.37. The Morgan fingerprint density at radius 2 is 2.33 bits per heavy atom. The molecular formula is C11H14ClN3O5S. The second kappa shape index (κ2) is 6.02. The molecule has 0 spiro atoms. The largest absolute Gasteiger partial charge is 0.481 e. The minimum absolute atomic E-state index is 0.0776. The predicted molar refractivity (Wildman–Crippen MR) is 75.6 cm³/mol. The van der Waals surface area contributed by atoms with Crippen LogP contribution in [-0.4, -0.2) is 60.7 Å². The molecule has 0 amide bonds. The molecule has 1 saturated heterocycles. The number of aliphatic carboxylic acids is 1. The summed E-state index contributed by atoms with van der Waals surface area (Å²) < 4.78 is 28.4. The second-order valence-electron chi connectivity index (χ2n) is 4.59. The first-order valence-corrected chi connectivity index (χ1v) is 8.27. The molecule has 21 heavy (non-hydrogen) atoms. The Morgan fingerprint density at radius 1 is 1.62 bits per heavy atom. The quantitative estimate of drug-likeness (QED) is 0.832. The summed E-state index contributed by atoms with van der Waals surface area (Å²) in [6.07, 6.45) is 1.02. The van der Waals surface area contributed by atoms with E-state index in [2.05, 4.69) is 9.97 Å². The van der Waals surface area contributed by atoms with Gasteiger partial charge in [0.2, 0.25) is 0 Å². The number of sulfone groups is 1. The molecule has 0 bridgehead atoms. The van der Waals surface area contributed by atoms with Crippen molar-refractivity contribution in [3.63, 3.8) is 0 Å². The molecule has 1 aromatic rings. The SMILES string of the molecule is COc1ncc(Cl)c(N2CCS(=O)(=O)CC2CC(=O)O)n1. The van der Waals surface area contributed by atoms with Crippen molar-refractivity contribution in [1.82, 2.24) is 9.97 Å². The lowest BCUT2D eigenvalue weighted by Gasteiger charge is -2.35. The van der Waals surface area contributed by atoms with Gasteiger partial charge in [0.25, 0.3) is 0 Å². The van der Waals surface area contributed by atoms with Crippen LogP contribution in [0.2, 0.25) is 5.02 Å². The third-order valence-electron chi connectivity index (χ3n) is 3.10. The van der Waals surface area contributed by atoms with Gasteiger partial charge in [-0.15, -0.1) is 0 Å². The predicted octanol–water partition coefficient (Wildman–Crippen LogP) is 0.217. The zero-order valence-corrected chi connectivity index (χ0v) is 12.8. The van der Waals surface area contributed by atoms with Gasteiger partial charge in [-0.3, -0.25) is 4.79 Å². The van der Waals surface area contributed by atoms with Crippen LogP contribution in [-0.2, 0) is 14.6 Å². The van der Waals surface area contributed by atoms with Gasteiger partial charge < -0.3 is 14.7 Å². The molecule has 1 aromatic heterocycles. The summed E-state index contributed by atoms with van der Waals surface area (Å²) in [5, 5.41) is 9.17. The number of ether oxygens (including phenoxy) is 1. The summed E-state index contributed by atoms with van der Waals surface area (Å²) in [5.74, 6) is -1.13. The molecule has 0 aromatic carbocycles. The Morgan fingerprint density at radius 3 is 2.95 bits per heavy atom. The normalized spacial score (nSPS) is 21.0. The van der Waals surface area contributed by atoms with Crippen molar-refractivity contribution in [2.75, 3.05) is 30.1 Å². The van der Waals surface area contributed by atoms with E-state index in [4.69, 9.17) is 21.4 Å². The molecule has 0 saturated carbocycles. The lowest BCUT2D eigenvalue weighted by atomic mass is 10.2. The number of carbonyl (C=O) groups is 1. The fraction of sp³-hybridized carbons (Fsp3) is 0.545. The lowest BCUT2D eigenvalue weighted by molar-refractivity contribution is -0.137. The van der Waals surface area contributed by atoms with E-state index >= 15 is 0 Å². The van der Waals surface area contributed by atoms with Gasteiger partial charge in [-0.1, -0.05) is 11.6 Å². The molecule has 1 atom stereocenters. The molecule has 2 rings (SSSR count). The summed E-state index contributed by atoms with van der Waals surface area (Å²) in [5.41, 5.74) is 0. The Kier molecular flexibility index (Phi) is 4.52. The molecule has 1 aliphatic rings. The number of halogens is 1. The Hall–Kier alpha value is -1.61. The van der Waals surface area contributed by atoms with Crippen molar-refractivity contribution in [1.29, 1.82) is 0 Å². The molecule has 1 N–H and O–H groups in total. The maximum absolute atomic E-state index is 11.7. The van der Waals surface area contributed by atoms with Gasteiger partial charge >= 0.3 is 12.0 Å². The van der Waals surface area contributed by atoms with Gasteiger partial charge in [0.15, 0.2) is 15.7 Å². The van der Waals surface area contributed by atoms with Crippen LogP contribution in [0.3, 0.4) is 0 Å². The summed E-state index contributed by atoms with van der Waals surface area (Å²) in [6, 6.07) is -0.643. The van der Waals surface area contributed by atoms with Gasteiger partial charge in [0.05, 0.1) is 37.3 Å². The van der Waals surface area contributed by atoms with E-state index in [-0.39, 0.29) is 41.3 Å². The standard InChI is InChI=1S/C11H14ClN3O5S/c1-20-11-13-5-8(12)10(14-11)15-2-3-21(18,19)6-7(15)4-9(16)17/h5,7H,2-4,6H2,1H3,(H,16,17). The molecular weight excluding hydrogens is 322 g/mol. The maximum atomic E-state index is 11.7. The fourth-order valence-corrected chi connectivity index (χ4v) is 3.90. The second-order valence-corrected chi connectivity index (χ2v) is 7.22. The number of methoxy groups -OCH3 is 1. The van der Waals surface area contributed by atoms with Crippen LogP contribution >= 0.6 is 11.6 Å². The van der Waals surface area contributed by atoms with Gasteiger partial charge in [0.1, 0.15) is 5.02 Å². The van der Waals surface area contributed by atoms with E-state index in [1.807, 2.05) is 0 Å². The van der Waals surface area contributed by atoms with Crippen LogP contribution in [0.4, 0.5) is 5.82 Å². The van der Waals surface area contributed by atoms with E-state index in [1.54, 1.807) is 4.90 Å². The average Bonchev–Trinajstić information content (AvgIpc) is 2.38. The molecule has 0 radical (unpaired) electrons. The van der Waals surface area contributed by atoms with E-state index in [0.29, 0.717) is 0 Å². The van der Waals surface area contributed by atoms with Gasteiger partial charge in [-0.2, -0.15) is 4.98 Å². The average molecular weight is 336 g/mol. The van der Waals surface area contributed by atoms with E-state index in [1.165, 1.54) is 13.3 Å². The minimum Gasteiger partial charge on any atom is -0.481 e. The smallest absolute Gasteiger partial charge is 0.318 e. The molecule has 0 aliphatic carbocycles. The number of nitrogens with zero attached hydrogens (tertiary/aromatic N) is 3. The third-order valence-corrected chi connectivity index (χ3v) is 5.06. The first kappa shape index (κ1) is 15.8. The van der Waals surface area contributed by atoms with Crippen molar-refractivity contribution in [3.8, 4) is 6.01 Å². The highest BCUT2D eigenvalue weighted by Crippen LogP contribution is 2.29. The number of carboxylic acids is 1. The van der Waals surface area contributed by atoms with E-state index in [0.717, 1.165) is 0 Å². The topological polar surface area (TPSA) is 110 Å². The number of hydrogen-bond acceptors (Lipinski definition) is 7.